The van der Waals surface area contributed by atoms with Gasteiger partial charge in [0.1, 0.15) is 13.2 Å². The van der Waals surface area contributed by atoms with E-state index < -0.39 is 34.6 Å². The van der Waals surface area contributed by atoms with Gasteiger partial charge in [-0.1, -0.05) is 18.7 Å². The predicted molar refractivity (Wildman–Crippen MR) is 133 cm³/mol. The summed E-state index contributed by atoms with van der Waals surface area (Å²) in [6, 6.07) is 8.98. The Hall–Kier alpha value is -3.68. The van der Waals surface area contributed by atoms with Crippen molar-refractivity contribution in [1.29, 1.82) is 0 Å². The van der Waals surface area contributed by atoms with Crippen LogP contribution in [0.5, 0.6) is 17.2 Å². The van der Waals surface area contributed by atoms with Gasteiger partial charge >= 0.3 is 17.9 Å². The van der Waals surface area contributed by atoms with E-state index in [9.17, 15) is 18.8 Å². The molecule has 0 fully saturated rings. The summed E-state index contributed by atoms with van der Waals surface area (Å²) in [7, 11) is 0. The van der Waals surface area contributed by atoms with Gasteiger partial charge in [-0.15, -0.1) is 0 Å². The lowest BCUT2D eigenvalue weighted by Gasteiger charge is -2.19. The average molecular weight is 501 g/mol. The maximum absolute atomic E-state index is 14.7. The number of carbonyl (C=O) groups is 3. The van der Waals surface area contributed by atoms with E-state index in [1.165, 1.54) is 19.1 Å². The summed E-state index contributed by atoms with van der Waals surface area (Å²) in [6.07, 6.45) is 0. The third-order valence-corrected chi connectivity index (χ3v) is 4.76. The second-order valence-corrected chi connectivity index (χ2v) is 10.4. The highest BCUT2D eigenvalue weighted by Gasteiger charge is 2.26. The summed E-state index contributed by atoms with van der Waals surface area (Å²) < 4.78 is 36.2. The molecule has 0 heterocycles. The molecular weight excluding hydrogens is 467 g/mol. The van der Waals surface area contributed by atoms with Crippen molar-refractivity contribution >= 4 is 17.9 Å². The molecule has 0 unspecified atom stereocenters. The van der Waals surface area contributed by atoms with Crippen molar-refractivity contribution in [1.82, 2.24) is 0 Å². The average Bonchev–Trinajstić information content (AvgIpc) is 2.77. The monoisotopic (exact) mass is 500 g/mol. The van der Waals surface area contributed by atoms with E-state index in [0.29, 0.717) is 11.1 Å². The molecule has 2 rings (SSSR count). The highest BCUT2D eigenvalue weighted by Crippen LogP contribution is 2.35. The number of halogens is 1. The van der Waals surface area contributed by atoms with Crippen LogP contribution in [0.25, 0.3) is 11.1 Å². The number of benzene rings is 2. The van der Waals surface area contributed by atoms with Crippen LogP contribution in [0.1, 0.15) is 48.5 Å². The van der Waals surface area contributed by atoms with E-state index in [4.69, 9.17) is 18.9 Å². The van der Waals surface area contributed by atoms with Crippen molar-refractivity contribution < 1.29 is 37.7 Å². The van der Waals surface area contributed by atoms with Crippen molar-refractivity contribution in [3.63, 3.8) is 0 Å². The molecule has 0 spiro atoms. The van der Waals surface area contributed by atoms with Crippen molar-refractivity contribution in [3.05, 3.63) is 54.4 Å². The Morgan fingerprint density at radius 3 is 1.78 bits per heavy atom. The highest BCUT2D eigenvalue weighted by molar-refractivity contribution is 5.86. The molecule has 2 aromatic rings. The van der Waals surface area contributed by atoms with Crippen LogP contribution in [0.4, 0.5) is 4.39 Å². The Bertz CT molecular complexity index is 1150. The van der Waals surface area contributed by atoms with Crippen LogP contribution < -0.4 is 14.2 Å². The Morgan fingerprint density at radius 1 is 0.778 bits per heavy atom. The molecule has 0 saturated carbocycles. The number of rotatable bonds is 8. The number of esters is 3. The van der Waals surface area contributed by atoms with Crippen LogP contribution in [-0.2, 0) is 19.1 Å². The largest absolute Gasteiger partial charge is 0.486 e. The first kappa shape index (κ1) is 28.6. The van der Waals surface area contributed by atoms with Crippen LogP contribution in [-0.4, -0.2) is 31.1 Å². The molecule has 0 atom stereocenters. The Morgan fingerprint density at radius 2 is 1.28 bits per heavy atom. The molecule has 0 aliphatic carbocycles. The van der Waals surface area contributed by atoms with Gasteiger partial charge in [0.25, 0.3) is 0 Å². The molecular formula is C28H33FO7. The quantitative estimate of drug-likeness (QED) is 0.193. The summed E-state index contributed by atoms with van der Waals surface area (Å²) >= 11 is 0. The first-order valence-electron chi connectivity index (χ1n) is 11.4. The van der Waals surface area contributed by atoms with E-state index in [0.717, 1.165) is 0 Å². The van der Waals surface area contributed by atoms with Gasteiger partial charge in [0.15, 0.2) is 23.1 Å². The van der Waals surface area contributed by atoms with Gasteiger partial charge in [-0.05, 0) is 83.9 Å². The second kappa shape index (κ2) is 11.4. The topological polar surface area (TPSA) is 88.1 Å². The molecule has 0 aliphatic heterocycles. The zero-order valence-corrected chi connectivity index (χ0v) is 21.8. The molecule has 7 nitrogen and oxygen atoms in total. The molecule has 0 aliphatic rings. The molecule has 8 heteroatoms. The first-order valence-corrected chi connectivity index (χ1v) is 11.4. The van der Waals surface area contributed by atoms with Crippen LogP contribution in [0.3, 0.4) is 0 Å². The first-order chi connectivity index (χ1) is 16.6. The number of ether oxygens (including phenoxy) is 4. The molecule has 0 amide bonds. The van der Waals surface area contributed by atoms with Crippen molar-refractivity contribution in [2.24, 2.45) is 10.8 Å². The van der Waals surface area contributed by atoms with Gasteiger partial charge in [0, 0.05) is 5.57 Å². The van der Waals surface area contributed by atoms with Gasteiger partial charge in [0.05, 0.1) is 10.8 Å². The zero-order chi connectivity index (χ0) is 27.3. The fourth-order valence-corrected chi connectivity index (χ4v) is 2.56. The molecule has 0 aromatic heterocycles. The highest BCUT2D eigenvalue weighted by atomic mass is 19.1. The summed E-state index contributed by atoms with van der Waals surface area (Å²) in [5.41, 5.74) is -0.231. The van der Waals surface area contributed by atoms with Crippen molar-refractivity contribution in [2.75, 3.05) is 13.2 Å². The van der Waals surface area contributed by atoms with Gasteiger partial charge < -0.3 is 18.9 Å². The standard InChI is InChI=1S/C28H33FO7/c1-17(2)24(30)34-14-13-33-23-16-19(10-12-22(23)36-26(32)28(6,7)8)18-9-11-21(20(29)15-18)35-25(31)27(3,4)5/h9-12,15-16H,1,13-14H2,2-8H3. The van der Waals surface area contributed by atoms with Crippen LogP contribution >= 0.6 is 0 Å². The SMILES string of the molecule is C=C(C)C(=O)OCCOc1cc(-c2ccc(OC(=O)C(C)(C)C)c(F)c2)ccc1OC(=O)C(C)(C)C. The van der Waals surface area contributed by atoms with E-state index in [2.05, 4.69) is 6.58 Å². The van der Waals surface area contributed by atoms with E-state index in [-0.39, 0.29) is 36.0 Å². The Labute approximate surface area is 211 Å². The fraction of sp³-hybridized carbons (Fsp3) is 0.393. The number of hydrogen-bond donors (Lipinski definition) is 0. The summed E-state index contributed by atoms with van der Waals surface area (Å²) in [5, 5.41) is 0. The van der Waals surface area contributed by atoms with Gasteiger partial charge in [-0.2, -0.15) is 0 Å². The van der Waals surface area contributed by atoms with E-state index >= 15 is 0 Å². The minimum atomic E-state index is -0.781. The van der Waals surface area contributed by atoms with Crippen molar-refractivity contribution in [3.8, 4) is 28.4 Å². The maximum Gasteiger partial charge on any atom is 0.333 e. The molecule has 0 bridgehead atoms. The van der Waals surface area contributed by atoms with Crippen LogP contribution in [0.15, 0.2) is 48.6 Å². The molecule has 0 N–H and O–H groups in total. The number of hydrogen-bond acceptors (Lipinski definition) is 7. The Kier molecular flexibility index (Phi) is 9.02. The Balaban J connectivity index is 2.31. The number of carbonyl (C=O) groups excluding carboxylic acids is 3. The predicted octanol–water partition coefficient (Wildman–Crippen LogP) is 5.89. The molecule has 194 valence electrons. The second-order valence-electron chi connectivity index (χ2n) is 10.4. The normalized spacial score (nSPS) is 11.4. The minimum absolute atomic E-state index is 0.0153. The zero-order valence-electron chi connectivity index (χ0n) is 21.8. The third kappa shape index (κ3) is 7.93. The van der Waals surface area contributed by atoms with Gasteiger partial charge in [-0.3, -0.25) is 9.59 Å². The third-order valence-electron chi connectivity index (χ3n) is 4.76. The molecule has 0 saturated heterocycles. The van der Waals surface area contributed by atoms with E-state index in [1.54, 1.807) is 65.8 Å². The lowest BCUT2D eigenvalue weighted by Crippen LogP contribution is -2.26. The molecule has 0 radical (unpaired) electrons. The summed E-state index contributed by atoms with van der Waals surface area (Å²) in [4.78, 5) is 36.1. The van der Waals surface area contributed by atoms with E-state index in [1.807, 2.05) is 0 Å². The minimum Gasteiger partial charge on any atom is -0.486 e. The van der Waals surface area contributed by atoms with Gasteiger partial charge in [0.2, 0.25) is 0 Å². The van der Waals surface area contributed by atoms with Gasteiger partial charge in [-0.25, -0.2) is 9.18 Å². The smallest absolute Gasteiger partial charge is 0.333 e. The van der Waals surface area contributed by atoms with Crippen molar-refractivity contribution in [2.45, 2.75) is 48.5 Å². The summed E-state index contributed by atoms with van der Waals surface area (Å²) in [5.74, 6) is -2.07. The van der Waals surface area contributed by atoms with Crippen LogP contribution in [0.2, 0.25) is 0 Å². The molecule has 36 heavy (non-hydrogen) atoms. The lowest BCUT2D eigenvalue weighted by molar-refractivity contribution is -0.143. The fourth-order valence-electron chi connectivity index (χ4n) is 2.56. The maximum atomic E-state index is 14.7. The van der Waals surface area contributed by atoms with Crippen LogP contribution in [0, 0.1) is 16.6 Å². The lowest BCUT2D eigenvalue weighted by atomic mass is 9.97. The summed E-state index contributed by atoms with van der Waals surface area (Å²) in [6.45, 7) is 15.2. The molecule has 2 aromatic carbocycles.